The van der Waals surface area contributed by atoms with Crippen LogP contribution < -0.4 is 9.47 Å². The van der Waals surface area contributed by atoms with Gasteiger partial charge < -0.3 is 14.6 Å². The Morgan fingerprint density at radius 3 is 2.83 bits per heavy atom. The highest BCUT2D eigenvalue weighted by Crippen LogP contribution is 2.28. The molecular weight excluding hydrogens is 310 g/mol. The molecule has 0 radical (unpaired) electrons. The lowest BCUT2D eigenvalue weighted by molar-refractivity contribution is -0.132. The molecule has 0 unspecified atom stereocenters. The standard InChI is InChI=1S/C17H19N3O4/c1-4-23-14-6-5-7-20-13(8-12(9-18)17(21)22)16(19-15(14)20)24-10-11(2)3/h5-8,11H,4,10H2,1-3H3,(H,21,22). The van der Waals surface area contributed by atoms with E-state index in [4.69, 9.17) is 19.8 Å². The van der Waals surface area contributed by atoms with Crippen LogP contribution >= 0.6 is 0 Å². The van der Waals surface area contributed by atoms with Crippen molar-refractivity contribution >= 4 is 17.7 Å². The van der Waals surface area contributed by atoms with Crippen LogP contribution in [0.15, 0.2) is 23.9 Å². The van der Waals surface area contributed by atoms with Crippen molar-refractivity contribution in [1.82, 2.24) is 9.38 Å². The molecule has 0 atom stereocenters. The third-order valence-electron chi connectivity index (χ3n) is 3.10. The number of rotatable bonds is 7. The molecule has 0 fully saturated rings. The molecule has 2 aromatic rings. The lowest BCUT2D eigenvalue weighted by Gasteiger charge is -2.07. The molecule has 0 saturated carbocycles. The maximum absolute atomic E-state index is 11.2. The Bertz CT molecular complexity index is 815. The second-order valence-corrected chi connectivity index (χ2v) is 5.48. The van der Waals surface area contributed by atoms with Crippen molar-refractivity contribution < 1.29 is 19.4 Å². The highest BCUT2D eigenvalue weighted by atomic mass is 16.5. The van der Waals surface area contributed by atoms with Gasteiger partial charge >= 0.3 is 5.97 Å². The van der Waals surface area contributed by atoms with Gasteiger partial charge in [-0.1, -0.05) is 13.8 Å². The molecule has 0 bridgehead atoms. The van der Waals surface area contributed by atoms with E-state index in [-0.39, 0.29) is 11.8 Å². The van der Waals surface area contributed by atoms with E-state index in [1.165, 1.54) is 6.08 Å². The zero-order valence-electron chi connectivity index (χ0n) is 13.8. The van der Waals surface area contributed by atoms with Crippen LogP contribution in [-0.2, 0) is 4.79 Å². The summed E-state index contributed by atoms with van der Waals surface area (Å²) in [6.45, 7) is 6.74. The van der Waals surface area contributed by atoms with Gasteiger partial charge in [0.25, 0.3) is 0 Å². The molecule has 0 aromatic carbocycles. The molecule has 7 nitrogen and oxygen atoms in total. The molecule has 0 aliphatic heterocycles. The van der Waals surface area contributed by atoms with Crippen molar-refractivity contribution in [3.8, 4) is 17.7 Å². The third kappa shape index (κ3) is 3.66. The summed E-state index contributed by atoms with van der Waals surface area (Å²) >= 11 is 0. The van der Waals surface area contributed by atoms with Gasteiger partial charge in [0, 0.05) is 6.20 Å². The van der Waals surface area contributed by atoms with E-state index in [2.05, 4.69) is 4.98 Å². The predicted octanol–water partition coefficient (Wildman–Crippen LogP) is 2.76. The monoisotopic (exact) mass is 329 g/mol. The van der Waals surface area contributed by atoms with Gasteiger partial charge in [0.1, 0.15) is 17.3 Å². The van der Waals surface area contributed by atoms with Gasteiger partial charge in [-0.15, -0.1) is 0 Å². The van der Waals surface area contributed by atoms with Crippen LogP contribution in [0, 0.1) is 17.2 Å². The summed E-state index contributed by atoms with van der Waals surface area (Å²) in [5.41, 5.74) is 0.506. The van der Waals surface area contributed by atoms with Gasteiger partial charge in [-0.25, -0.2) is 4.79 Å². The number of fused-ring (bicyclic) bond motifs is 1. The predicted molar refractivity (Wildman–Crippen MR) is 87.9 cm³/mol. The lowest BCUT2D eigenvalue weighted by atomic mass is 10.2. The second kappa shape index (κ2) is 7.51. The number of aliphatic carboxylic acids is 1. The van der Waals surface area contributed by atoms with Gasteiger partial charge in [-0.3, -0.25) is 4.40 Å². The molecule has 0 aliphatic carbocycles. The van der Waals surface area contributed by atoms with Crippen molar-refractivity contribution in [2.24, 2.45) is 5.92 Å². The number of imidazole rings is 1. The first-order valence-electron chi connectivity index (χ1n) is 7.59. The summed E-state index contributed by atoms with van der Waals surface area (Å²) in [7, 11) is 0. The Morgan fingerprint density at radius 1 is 1.50 bits per heavy atom. The third-order valence-corrected chi connectivity index (χ3v) is 3.10. The number of pyridine rings is 1. The van der Waals surface area contributed by atoms with Crippen molar-refractivity contribution in [2.75, 3.05) is 13.2 Å². The van der Waals surface area contributed by atoms with E-state index >= 15 is 0 Å². The van der Waals surface area contributed by atoms with E-state index in [0.29, 0.717) is 30.3 Å². The maximum Gasteiger partial charge on any atom is 0.346 e. The zero-order chi connectivity index (χ0) is 17.7. The van der Waals surface area contributed by atoms with Crippen LogP contribution in [0.2, 0.25) is 0 Å². The van der Waals surface area contributed by atoms with Crippen molar-refractivity contribution in [3.63, 3.8) is 0 Å². The quantitative estimate of drug-likeness (QED) is 0.619. The van der Waals surface area contributed by atoms with Crippen LogP contribution in [0.25, 0.3) is 11.7 Å². The van der Waals surface area contributed by atoms with Gasteiger partial charge in [0.2, 0.25) is 5.88 Å². The number of nitriles is 1. The van der Waals surface area contributed by atoms with Crippen LogP contribution in [0.1, 0.15) is 26.5 Å². The average Bonchev–Trinajstić information content (AvgIpc) is 2.89. The Morgan fingerprint density at radius 2 is 2.25 bits per heavy atom. The topological polar surface area (TPSA) is 96.9 Å². The summed E-state index contributed by atoms with van der Waals surface area (Å²) in [5.74, 6) is -0.205. The molecule has 0 saturated heterocycles. The number of carboxylic acid groups (broad SMARTS) is 1. The molecule has 126 valence electrons. The number of carboxylic acids is 1. The first kappa shape index (κ1) is 17.3. The summed E-state index contributed by atoms with van der Waals surface area (Å²) in [4.78, 5) is 15.6. The first-order chi connectivity index (χ1) is 11.5. The van der Waals surface area contributed by atoms with E-state index in [1.54, 1.807) is 28.8 Å². The number of ether oxygens (including phenoxy) is 2. The fourth-order valence-electron chi connectivity index (χ4n) is 2.07. The fraction of sp³-hybridized carbons (Fsp3) is 0.353. The molecule has 2 aromatic heterocycles. The zero-order valence-corrected chi connectivity index (χ0v) is 13.8. The minimum absolute atomic E-state index is 0.268. The fourth-order valence-corrected chi connectivity index (χ4v) is 2.07. The molecule has 0 spiro atoms. The minimum atomic E-state index is -1.30. The summed E-state index contributed by atoms with van der Waals surface area (Å²) in [6.07, 6.45) is 2.98. The Balaban J connectivity index is 2.64. The SMILES string of the molecule is CCOc1cccn2c(C=C(C#N)C(=O)O)c(OCC(C)C)nc12. The molecule has 24 heavy (non-hydrogen) atoms. The van der Waals surface area contributed by atoms with Crippen LogP contribution in [0.3, 0.4) is 0 Å². The van der Waals surface area contributed by atoms with Crippen molar-refractivity contribution in [3.05, 3.63) is 29.6 Å². The van der Waals surface area contributed by atoms with Gasteiger partial charge in [0.05, 0.1) is 13.2 Å². The molecule has 1 N–H and O–H groups in total. The molecule has 7 heteroatoms. The second-order valence-electron chi connectivity index (χ2n) is 5.48. The molecular formula is C17H19N3O4. The van der Waals surface area contributed by atoms with E-state index in [0.717, 1.165) is 0 Å². The largest absolute Gasteiger partial charge is 0.490 e. The minimum Gasteiger partial charge on any atom is -0.490 e. The molecule has 0 aliphatic rings. The Kier molecular flexibility index (Phi) is 5.42. The Hall–Kier alpha value is -3.01. The number of aromatic nitrogens is 2. The normalized spacial score (nSPS) is 11.5. The van der Waals surface area contributed by atoms with Gasteiger partial charge in [-0.2, -0.15) is 10.2 Å². The summed E-state index contributed by atoms with van der Waals surface area (Å²) in [6, 6.07) is 5.20. The average molecular weight is 329 g/mol. The summed E-state index contributed by atoms with van der Waals surface area (Å²) in [5, 5.41) is 18.1. The van der Waals surface area contributed by atoms with Crippen LogP contribution in [0.4, 0.5) is 0 Å². The van der Waals surface area contributed by atoms with E-state index in [9.17, 15) is 4.79 Å². The maximum atomic E-state index is 11.2. The molecule has 2 heterocycles. The highest BCUT2D eigenvalue weighted by Gasteiger charge is 2.18. The molecule has 0 amide bonds. The Labute approximate surface area is 139 Å². The lowest BCUT2D eigenvalue weighted by Crippen LogP contribution is -2.06. The first-order valence-corrected chi connectivity index (χ1v) is 7.59. The van der Waals surface area contributed by atoms with Gasteiger partial charge in [-0.05, 0) is 31.1 Å². The summed E-state index contributed by atoms with van der Waals surface area (Å²) < 4.78 is 12.9. The number of hydrogen-bond donors (Lipinski definition) is 1. The highest BCUT2D eigenvalue weighted by molar-refractivity contribution is 5.96. The van der Waals surface area contributed by atoms with E-state index in [1.807, 2.05) is 20.8 Å². The number of carbonyl (C=O) groups is 1. The van der Waals surface area contributed by atoms with Crippen molar-refractivity contribution in [1.29, 1.82) is 5.26 Å². The number of nitrogens with zero attached hydrogens (tertiary/aromatic N) is 3. The number of hydrogen-bond acceptors (Lipinski definition) is 5. The molecule has 2 rings (SSSR count). The van der Waals surface area contributed by atoms with Crippen LogP contribution in [0.5, 0.6) is 11.6 Å². The van der Waals surface area contributed by atoms with Crippen molar-refractivity contribution in [2.45, 2.75) is 20.8 Å². The van der Waals surface area contributed by atoms with Gasteiger partial charge in [0.15, 0.2) is 11.4 Å². The van der Waals surface area contributed by atoms with Crippen LogP contribution in [-0.4, -0.2) is 33.7 Å². The van der Waals surface area contributed by atoms with E-state index < -0.39 is 11.5 Å². The smallest absolute Gasteiger partial charge is 0.346 e.